The lowest BCUT2D eigenvalue weighted by Crippen LogP contribution is -2.03. The van der Waals surface area contributed by atoms with Gasteiger partial charge in [-0.25, -0.2) is 0 Å². The third kappa shape index (κ3) is 2.76. The number of carbonyl (C=O) groups is 1. The van der Waals surface area contributed by atoms with Crippen molar-refractivity contribution < 1.29 is 15.0 Å². The van der Waals surface area contributed by atoms with Crippen LogP contribution in [0.4, 0.5) is 0 Å². The van der Waals surface area contributed by atoms with Gasteiger partial charge in [0.25, 0.3) is 0 Å². The van der Waals surface area contributed by atoms with Crippen LogP contribution in [0.15, 0.2) is 18.2 Å². The van der Waals surface area contributed by atoms with Gasteiger partial charge in [0.1, 0.15) is 11.5 Å². The largest absolute Gasteiger partial charge is 0.508 e. The first-order chi connectivity index (χ1) is 6.49. The molecule has 0 aromatic heterocycles. The molecule has 0 aliphatic rings. The maximum atomic E-state index is 11.5. The molecule has 0 heterocycles. The molecule has 0 unspecified atom stereocenters. The van der Waals surface area contributed by atoms with Crippen LogP contribution < -0.4 is 0 Å². The fourth-order valence-corrected chi connectivity index (χ4v) is 1.24. The monoisotopic (exact) mass is 194 g/mol. The van der Waals surface area contributed by atoms with Gasteiger partial charge in [0.2, 0.25) is 0 Å². The van der Waals surface area contributed by atoms with Crippen LogP contribution in [-0.4, -0.2) is 16.0 Å². The van der Waals surface area contributed by atoms with E-state index in [0.717, 1.165) is 0 Å². The molecule has 0 atom stereocenters. The summed E-state index contributed by atoms with van der Waals surface area (Å²) in [5.41, 5.74) is 0.358. The average molecular weight is 194 g/mol. The zero-order valence-electron chi connectivity index (χ0n) is 8.32. The van der Waals surface area contributed by atoms with Crippen molar-refractivity contribution in [2.75, 3.05) is 0 Å². The molecule has 0 fully saturated rings. The molecule has 3 heteroatoms. The predicted octanol–water partition coefficient (Wildman–Crippen LogP) is 2.33. The van der Waals surface area contributed by atoms with E-state index in [1.54, 1.807) is 0 Å². The van der Waals surface area contributed by atoms with E-state index in [1.165, 1.54) is 18.2 Å². The number of hydrogen-bond acceptors (Lipinski definition) is 3. The van der Waals surface area contributed by atoms with Crippen LogP contribution in [0.3, 0.4) is 0 Å². The zero-order chi connectivity index (χ0) is 10.7. The van der Waals surface area contributed by atoms with Gasteiger partial charge in [0.05, 0.1) is 0 Å². The smallest absolute Gasteiger partial charge is 0.163 e. The van der Waals surface area contributed by atoms with Crippen molar-refractivity contribution in [3.8, 4) is 11.5 Å². The Morgan fingerprint density at radius 2 is 1.71 bits per heavy atom. The van der Waals surface area contributed by atoms with Gasteiger partial charge in [-0.1, -0.05) is 13.8 Å². The average Bonchev–Trinajstić information content (AvgIpc) is 2.00. The first kappa shape index (κ1) is 10.6. The van der Waals surface area contributed by atoms with Gasteiger partial charge in [0.15, 0.2) is 5.78 Å². The second-order valence-electron chi connectivity index (χ2n) is 3.76. The number of rotatable bonds is 3. The molecule has 0 aliphatic carbocycles. The molecule has 0 radical (unpaired) electrons. The van der Waals surface area contributed by atoms with Crippen molar-refractivity contribution in [3.05, 3.63) is 23.8 Å². The van der Waals surface area contributed by atoms with Gasteiger partial charge in [-0.2, -0.15) is 0 Å². The van der Waals surface area contributed by atoms with E-state index >= 15 is 0 Å². The minimum absolute atomic E-state index is 0.0637. The first-order valence-corrected chi connectivity index (χ1v) is 4.55. The molecule has 1 aromatic carbocycles. The van der Waals surface area contributed by atoms with Gasteiger partial charge >= 0.3 is 0 Å². The van der Waals surface area contributed by atoms with E-state index < -0.39 is 0 Å². The minimum atomic E-state index is -0.0860. The molecule has 0 saturated heterocycles. The topological polar surface area (TPSA) is 57.5 Å². The Bertz CT molecular complexity index is 322. The fourth-order valence-electron chi connectivity index (χ4n) is 1.24. The Labute approximate surface area is 83.0 Å². The Kier molecular flexibility index (Phi) is 3.12. The lowest BCUT2D eigenvalue weighted by atomic mass is 10.0. The molecule has 0 aliphatic heterocycles. The van der Waals surface area contributed by atoms with E-state index in [1.807, 2.05) is 13.8 Å². The number of phenols is 2. The molecule has 14 heavy (non-hydrogen) atoms. The van der Waals surface area contributed by atoms with E-state index in [2.05, 4.69) is 0 Å². The normalized spacial score (nSPS) is 10.5. The summed E-state index contributed by atoms with van der Waals surface area (Å²) < 4.78 is 0. The number of Topliss-reactive ketones (excluding diaryl/α,β-unsaturated/α-hetero) is 1. The SMILES string of the molecule is CC(C)CC(=O)c1cc(O)cc(O)c1. The highest BCUT2D eigenvalue weighted by molar-refractivity contribution is 5.96. The Hall–Kier alpha value is -1.51. The third-order valence-corrected chi connectivity index (χ3v) is 1.82. The quantitative estimate of drug-likeness (QED) is 0.726. The predicted molar refractivity (Wildman–Crippen MR) is 53.6 cm³/mol. The standard InChI is InChI=1S/C11H14O3/c1-7(2)3-11(14)8-4-9(12)6-10(13)5-8/h4-7,12-13H,3H2,1-2H3. The summed E-state index contributed by atoms with van der Waals surface area (Å²) in [6.07, 6.45) is 0.420. The molecule has 0 saturated carbocycles. The van der Waals surface area contributed by atoms with Crippen LogP contribution in [-0.2, 0) is 0 Å². The molecule has 0 bridgehead atoms. The van der Waals surface area contributed by atoms with E-state index in [9.17, 15) is 4.79 Å². The lowest BCUT2D eigenvalue weighted by Gasteiger charge is -2.04. The molecule has 0 spiro atoms. The molecule has 0 amide bonds. The molecular weight excluding hydrogens is 180 g/mol. The van der Waals surface area contributed by atoms with Crippen molar-refractivity contribution in [2.45, 2.75) is 20.3 Å². The Balaban J connectivity index is 2.90. The minimum Gasteiger partial charge on any atom is -0.508 e. The number of phenolic OH excluding ortho intramolecular Hbond substituents is 2. The van der Waals surface area contributed by atoms with E-state index in [4.69, 9.17) is 10.2 Å². The number of aromatic hydroxyl groups is 2. The molecular formula is C11H14O3. The summed E-state index contributed by atoms with van der Waals surface area (Å²) in [6, 6.07) is 3.93. The Morgan fingerprint density at radius 1 is 1.21 bits per heavy atom. The number of carbonyl (C=O) groups excluding carboxylic acids is 1. The van der Waals surface area contributed by atoms with Gasteiger partial charge < -0.3 is 10.2 Å². The van der Waals surface area contributed by atoms with Gasteiger partial charge in [0, 0.05) is 18.1 Å². The lowest BCUT2D eigenvalue weighted by molar-refractivity contribution is 0.0967. The molecule has 3 nitrogen and oxygen atoms in total. The second-order valence-corrected chi connectivity index (χ2v) is 3.76. The summed E-state index contributed by atoms with van der Waals surface area (Å²) in [6.45, 7) is 3.89. The van der Waals surface area contributed by atoms with Gasteiger partial charge in [-0.15, -0.1) is 0 Å². The summed E-state index contributed by atoms with van der Waals surface area (Å²) >= 11 is 0. The molecule has 76 valence electrons. The fraction of sp³-hybridized carbons (Fsp3) is 0.364. The van der Waals surface area contributed by atoms with Crippen LogP contribution >= 0.6 is 0 Å². The van der Waals surface area contributed by atoms with Crippen molar-refractivity contribution in [1.82, 2.24) is 0 Å². The number of ketones is 1. The molecule has 1 rings (SSSR count). The summed E-state index contributed by atoms with van der Waals surface area (Å²) in [5.74, 6) is 0.0346. The van der Waals surface area contributed by atoms with Crippen molar-refractivity contribution in [3.63, 3.8) is 0 Å². The zero-order valence-corrected chi connectivity index (χ0v) is 8.32. The van der Waals surface area contributed by atoms with Crippen LogP contribution in [0, 0.1) is 5.92 Å². The number of hydrogen-bond donors (Lipinski definition) is 2. The van der Waals surface area contributed by atoms with Crippen LogP contribution in [0.25, 0.3) is 0 Å². The van der Waals surface area contributed by atoms with E-state index in [-0.39, 0.29) is 23.2 Å². The van der Waals surface area contributed by atoms with Crippen molar-refractivity contribution in [1.29, 1.82) is 0 Å². The van der Waals surface area contributed by atoms with Crippen LogP contribution in [0.5, 0.6) is 11.5 Å². The van der Waals surface area contributed by atoms with Crippen LogP contribution in [0.2, 0.25) is 0 Å². The van der Waals surface area contributed by atoms with Gasteiger partial charge in [-0.05, 0) is 18.1 Å². The van der Waals surface area contributed by atoms with E-state index in [0.29, 0.717) is 12.0 Å². The highest BCUT2D eigenvalue weighted by Gasteiger charge is 2.10. The summed E-state index contributed by atoms with van der Waals surface area (Å²) in [7, 11) is 0. The first-order valence-electron chi connectivity index (χ1n) is 4.55. The summed E-state index contributed by atoms with van der Waals surface area (Å²) in [5, 5.41) is 18.3. The maximum absolute atomic E-state index is 11.5. The molecule has 1 aromatic rings. The van der Waals surface area contributed by atoms with Crippen molar-refractivity contribution >= 4 is 5.78 Å². The highest BCUT2D eigenvalue weighted by atomic mass is 16.3. The maximum Gasteiger partial charge on any atom is 0.163 e. The van der Waals surface area contributed by atoms with Crippen molar-refractivity contribution in [2.24, 2.45) is 5.92 Å². The third-order valence-electron chi connectivity index (χ3n) is 1.82. The number of benzene rings is 1. The molecule has 2 N–H and O–H groups in total. The second kappa shape index (κ2) is 4.13. The Morgan fingerprint density at radius 3 is 2.14 bits per heavy atom. The van der Waals surface area contributed by atoms with Crippen LogP contribution in [0.1, 0.15) is 30.6 Å². The van der Waals surface area contributed by atoms with Gasteiger partial charge in [-0.3, -0.25) is 4.79 Å². The summed E-state index contributed by atoms with van der Waals surface area (Å²) in [4.78, 5) is 11.5. The highest BCUT2D eigenvalue weighted by Crippen LogP contribution is 2.22.